The van der Waals surface area contributed by atoms with Crippen LogP contribution in [0.4, 0.5) is 5.69 Å². The Balaban J connectivity index is 3.46. The van der Waals surface area contributed by atoms with Gasteiger partial charge in [-0.1, -0.05) is 0 Å². The van der Waals surface area contributed by atoms with Crippen molar-refractivity contribution in [2.24, 2.45) is 0 Å². The molecule has 0 fully saturated rings. The average molecular weight is 228 g/mol. The number of ether oxygens (including phenoxy) is 2. The Morgan fingerprint density at radius 2 is 2.00 bits per heavy atom. The first kappa shape index (κ1) is 11.7. The van der Waals surface area contributed by atoms with Crippen molar-refractivity contribution < 1.29 is 24.3 Å². The number of nitro groups is 1. The number of aromatic carboxylic acids is 1. The highest BCUT2D eigenvalue weighted by Gasteiger charge is 2.24. The van der Waals surface area contributed by atoms with Crippen molar-refractivity contribution in [2.45, 2.75) is 0 Å². The number of aromatic nitrogens is 1. The number of hydrogen-bond acceptors (Lipinski definition) is 6. The second kappa shape index (κ2) is 4.43. The van der Waals surface area contributed by atoms with E-state index in [4.69, 9.17) is 5.11 Å². The van der Waals surface area contributed by atoms with Crippen LogP contribution >= 0.6 is 0 Å². The summed E-state index contributed by atoms with van der Waals surface area (Å²) in [5.74, 6) is -1.91. The molecule has 1 aromatic heterocycles. The lowest BCUT2D eigenvalue weighted by atomic mass is 10.2. The van der Waals surface area contributed by atoms with Crippen molar-refractivity contribution in [2.75, 3.05) is 14.2 Å². The fourth-order valence-electron chi connectivity index (χ4n) is 1.06. The minimum absolute atomic E-state index is 0.241. The predicted octanol–water partition coefficient (Wildman–Crippen LogP) is 0.705. The van der Waals surface area contributed by atoms with Crippen LogP contribution in [0.3, 0.4) is 0 Å². The van der Waals surface area contributed by atoms with Crippen molar-refractivity contribution in [3.8, 4) is 11.8 Å². The molecule has 1 rings (SSSR count). The molecule has 0 bridgehead atoms. The third-order valence-electron chi connectivity index (χ3n) is 1.75. The molecule has 0 amide bonds. The highest BCUT2D eigenvalue weighted by molar-refractivity contribution is 5.91. The van der Waals surface area contributed by atoms with Gasteiger partial charge in [0.25, 0.3) is 5.88 Å². The van der Waals surface area contributed by atoms with Gasteiger partial charge in [0.15, 0.2) is 0 Å². The second-order valence-corrected chi connectivity index (χ2v) is 2.64. The maximum absolute atomic E-state index is 10.8. The Labute approximate surface area is 89.6 Å². The molecule has 0 atom stereocenters. The van der Waals surface area contributed by atoms with Crippen LogP contribution in [-0.2, 0) is 0 Å². The Bertz CT molecular complexity index is 407. The van der Waals surface area contributed by atoms with Crippen molar-refractivity contribution >= 4 is 11.7 Å². The van der Waals surface area contributed by atoms with Gasteiger partial charge in [-0.25, -0.2) is 4.79 Å². The summed E-state index contributed by atoms with van der Waals surface area (Å²) in [7, 11) is 2.40. The van der Waals surface area contributed by atoms with Gasteiger partial charge in [0, 0.05) is 6.07 Å². The van der Waals surface area contributed by atoms with Crippen LogP contribution < -0.4 is 9.47 Å². The molecule has 1 heterocycles. The van der Waals surface area contributed by atoms with Gasteiger partial charge in [0.1, 0.15) is 5.56 Å². The summed E-state index contributed by atoms with van der Waals surface area (Å²) in [6, 6.07) is 0.840. The van der Waals surface area contributed by atoms with E-state index in [0.29, 0.717) is 0 Å². The summed E-state index contributed by atoms with van der Waals surface area (Å²) in [4.78, 5) is 24.2. The number of methoxy groups -OCH3 is 2. The van der Waals surface area contributed by atoms with Gasteiger partial charge < -0.3 is 14.6 Å². The minimum atomic E-state index is -1.37. The summed E-state index contributed by atoms with van der Waals surface area (Å²) >= 11 is 0. The molecular weight excluding hydrogens is 220 g/mol. The summed E-state index contributed by atoms with van der Waals surface area (Å²) in [6.45, 7) is 0. The molecule has 0 radical (unpaired) electrons. The third kappa shape index (κ3) is 2.00. The summed E-state index contributed by atoms with van der Waals surface area (Å²) in [5.41, 5.74) is -0.921. The average Bonchev–Trinajstić information content (AvgIpc) is 2.26. The van der Waals surface area contributed by atoms with E-state index in [1.165, 1.54) is 14.2 Å². The Hall–Kier alpha value is -2.38. The van der Waals surface area contributed by atoms with Gasteiger partial charge in [-0.3, -0.25) is 10.1 Å². The van der Waals surface area contributed by atoms with E-state index in [-0.39, 0.29) is 11.8 Å². The van der Waals surface area contributed by atoms with Gasteiger partial charge in [-0.2, -0.15) is 4.98 Å². The molecule has 0 aliphatic heterocycles. The maximum Gasteiger partial charge on any atom is 0.341 e. The highest BCUT2D eigenvalue weighted by Crippen LogP contribution is 2.30. The summed E-state index contributed by atoms with van der Waals surface area (Å²) < 4.78 is 9.35. The minimum Gasteiger partial charge on any atom is -0.480 e. The van der Waals surface area contributed by atoms with Gasteiger partial charge in [-0.05, 0) is 0 Å². The SMILES string of the molecule is COc1nc(OC)c([N+](=O)[O-])cc1C(=O)O. The first-order valence-electron chi connectivity index (χ1n) is 4.02. The van der Waals surface area contributed by atoms with Crippen LogP contribution in [0, 0.1) is 10.1 Å². The summed E-state index contributed by atoms with van der Waals surface area (Å²) in [6.07, 6.45) is 0. The number of nitrogens with zero attached hydrogens (tertiary/aromatic N) is 2. The number of carboxylic acid groups (broad SMARTS) is 1. The number of rotatable bonds is 4. The molecule has 86 valence electrons. The fourth-order valence-corrected chi connectivity index (χ4v) is 1.06. The molecule has 8 nitrogen and oxygen atoms in total. The molecule has 0 spiro atoms. The molecule has 8 heteroatoms. The molecular formula is C8H8N2O6. The van der Waals surface area contributed by atoms with E-state index in [2.05, 4.69) is 14.5 Å². The van der Waals surface area contributed by atoms with Crippen LogP contribution in [0.2, 0.25) is 0 Å². The number of hydrogen-bond donors (Lipinski definition) is 1. The van der Waals surface area contributed by atoms with E-state index in [1.807, 2.05) is 0 Å². The monoisotopic (exact) mass is 228 g/mol. The van der Waals surface area contributed by atoms with Crippen molar-refractivity contribution in [1.29, 1.82) is 0 Å². The molecule has 0 unspecified atom stereocenters. The van der Waals surface area contributed by atoms with E-state index in [1.54, 1.807) is 0 Å². The molecule has 0 aliphatic carbocycles. The number of carboxylic acids is 1. The largest absolute Gasteiger partial charge is 0.480 e. The lowest BCUT2D eigenvalue weighted by Crippen LogP contribution is -2.06. The Morgan fingerprint density at radius 3 is 2.38 bits per heavy atom. The zero-order valence-corrected chi connectivity index (χ0v) is 8.46. The highest BCUT2D eigenvalue weighted by atomic mass is 16.6. The van der Waals surface area contributed by atoms with Crippen molar-refractivity contribution in [3.63, 3.8) is 0 Å². The van der Waals surface area contributed by atoms with Gasteiger partial charge in [0.2, 0.25) is 5.88 Å². The van der Waals surface area contributed by atoms with E-state index in [0.717, 1.165) is 6.07 Å². The van der Waals surface area contributed by atoms with Crippen LogP contribution in [0.25, 0.3) is 0 Å². The normalized spacial score (nSPS) is 9.62. The van der Waals surface area contributed by atoms with Crippen LogP contribution in [0.5, 0.6) is 11.8 Å². The molecule has 16 heavy (non-hydrogen) atoms. The lowest BCUT2D eigenvalue weighted by Gasteiger charge is -2.06. The van der Waals surface area contributed by atoms with Crippen LogP contribution in [-0.4, -0.2) is 35.2 Å². The van der Waals surface area contributed by atoms with Gasteiger partial charge in [0.05, 0.1) is 19.1 Å². The van der Waals surface area contributed by atoms with Gasteiger partial charge in [-0.15, -0.1) is 0 Å². The number of carbonyl (C=O) groups is 1. The lowest BCUT2D eigenvalue weighted by molar-refractivity contribution is -0.386. The molecule has 0 aromatic carbocycles. The van der Waals surface area contributed by atoms with E-state index < -0.39 is 22.1 Å². The maximum atomic E-state index is 10.8. The second-order valence-electron chi connectivity index (χ2n) is 2.64. The predicted molar refractivity (Wildman–Crippen MR) is 51.0 cm³/mol. The molecule has 0 saturated heterocycles. The smallest absolute Gasteiger partial charge is 0.341 e. The van der Waals surface area contributed by atoms with Crippen molar-refractivity contribution in [3.05, 3.63) is 21.7 Å². The molecule has 0 saturated carbocycles. The molecule has 1 aromatic rings. The topological polar surface area (TPSA) is 112 Å². The van der Waals surface area contributed by atoms with Crippen LogP contribution in [0.15, 0.2) is 6.07 Å². The van der Waals surface area contributed by atoms with Crippen LogP contribution in [0.1, 0.15) is 10.4 Å². The first-order chi connectivity index (χ1) is 7.51. The zero-order valence-electron chi connectivity index (χ0n) is 8.46. The van der Waals surface area contributed by atoms with E-state index >= 15 is 0 Å². The Morgan fingerprint density at radius 1 is 1.44 bits per heavy atom. The van der Waals surface area contributed by atoms with E-state index in [9.17, 15) is 14.9 Å². The first-order valence-corrected chi connectivity index (χ1v) is 4.02. The quantitative estimate of drug-likeness (QED) is 0.596. The van der Waals surface area contributed by atoms with Crippen molar-refractivity contribution in [1.82, 2.24) is 4.98 Å². The Kier molecular flexibility index (Phi) is 3.24. The van der Waals surface area contributed by atoms with Gasteiger partial charge >= 0.3 is 11.7 Å². The summed E-state index contributed by atoms with van der Waals surface area (Å²) in [5, 5.41) is 19.4. The number of pyridine rings is 1. The molecule has 1 N–H and O–H groups in total. The zero-order chi connectivity index (χ0) is 12.3. The standard InChI is InChI=1S/C8H8N2O6/c1-15-6-4(8(11)12)3-5(10(13)14)7(9-6)16-2/h3H,1-2H3,(H,11,12). The third-order valence-corrected chi connectivity index (χ3v) is 1.75. The fraction of sp³-hybridized carbons (Fsp3) is 0.250. The molecule has 0 aliphatic rings.